The summed E-state index contributed by atoms with van der Waals surface area (Å²) in [6, 6.07) is 0. The van der Waals surface area contributed by atoms with E-state index in [0.29, 0.717) is 0 Å². The zero-order valence-corrected chi connectivity index (χ0v) is 9.14. The number of nitrogens with zero attached hydrogens (tertiary/aromatic N) is 2. The van der Waals surface area contributed by atoms with Crippen molar-refractivity contribution >= 4 is 0 Å². The van der Waals surface area contributed by atoms with Gasteiger partial charge in [0.05, 0.1) is 0 Å². The van der Waals surface area contributed by atoms with Gasteiger partial charge in [0.25, 0.3) is 0 Å². The molecule has 1 aliphatic heterocycles. The van der Waals surface area contributed by atoms with Gasteiger partial charge in [-0.25, -0.2) is 9.97 Å². The molecule has 15 heavy (non-hydrogen) atoms. The third-order valence-corrected chi connectivity index (χ3v) is 3.43. The molecule has 1 unspecified atom stereocenters. The molecule has 1 saturated heterocycles. The van der Waals surface area contributed by atoms with Crippen LogP contribution in [0.25, 0.3) is 0 Å². The van der Waals surface area contributed by atoms with Crippen LogP contribution in [0.4, 0.5) is 0 Å². The molecule has 82 valence electrons. The lowest BCUT2D eigenvalue weighted by Gasteiger charge is -2.43. The van der Waals surface area contributed by atoms with E-state index in [9.17, 15) is 5.11 Å². The van der Waals surface area contributed by atoms with Crippen LogP contribution < -0.4 is 5.32 Å². The highest BCUT2D eigenvalue weighted by Crippen LogP contribution is 2.37. The summed E-state index contributed by atoms with van der Waals surface area (Å²) in [5.74, 6) is 0.347. The fraction of sp³-hybridized carbons (Fsp3) is 0.636. The van der Waals surface area contributed by atoms with E-state index in [1.165, 1.54) is 6.33 Å². The van der Waals surface area contributed by atoms with Gasteiger partial charge in [0.1, 0.15) is 11.9 Å². The zero-order chi connectivity index (χ0) is 10.9. The lowest BCUT2D eigenvalue weighted by atomic mass is 9.72. The molecule has 2 heterocycles. The average molecular weight is 207 g/mol. The molecule has 1 aromatic rings. The van der Waals surface area contributed by atoms with Gasteiger partial charge in [0.2, 0.25) is 0 Å². The van der Waals surface area contributed by atoms with Crippen LogP contribution in [0.2, 0.25) is 0 Å². The van der Waals surface area contributed by atoms with Crippen molar-refractivity contribution in [2.75, 3.05) is 13.1 Å². The van der Waals surface area contributed by atoms with Gasteiger partial charge in [-0.05, 0) is 0 Å². The monoisotopic (exact) mass is 207 g/mol. The molecular weight excluding hydrogens is 190 g/mol. The standard InChI is InChI=1S/C11H17N3O/c1-8-3-12-4-9(2)11(8,15)10-5-13-7-14-6-10/h5-9,12,15H,3-4H2,1-2H3/t8-,9+,11?. The lowest BCUT2D eigenvalue weighted by molar-refractivity contribution is -0.0811. The van der Waals surface area contributed by atoms with Gasteiger partial charge in [0.15, 0.2) is 0 Å². The van der Waals surface area contributed by atoms with Crippen LogP contribution in [0.1, 0.15) is 19.4 Å². The van der Waals surface area contributed by atoms with Crippen molar-refractivity contribution in [3.05, 3.63) is 24.3 Å². The molecule has 0 saturated carbocycles. The Labute approximate surface area is 89.8 Å². The summed E-state index contributed by atoms with van der Waals surface area (Å²) in [5.41, 5.74) is 0.0264. The smallest absolute Gasteiger partial charge is 0.115 e. The molecule has 2 N–H and O–H groups in total. The van der Waals surface area contributed by atoms with Gasteiger partial charge < -0.3 is 10.4 Å². The van der Waals surface area contributed by atoms with E-state index in [2.05, 4.69) is 29.1 Å². The summed E-state index contributed by atoms with van der Waals surface area (Å²) in [6.45, 7) is 5.76. The molecule has 3 atom stereocenters. The first kappa shape index (κ1) is 10.5. The molecular formula is C11H17N3O. The second kappa shape index (κ2) is 3.87. The van der Waals surface area contributed by atoms with E-state index < -0.39 is 5.60 Å². The third-order valence-electron chi connectivity index (χ3n) is 3.43. The number of piperidine rings is 1. The van der Waals surface area contributed by atoms with Gasteiger partial charge in [0, 0.05) is 42.9 Å². The third kappa shape index (κ3) is 1.64. The first-order chi connectivity index (χ1) is 7.15. The molecule has 0 aromatic carbocycles. The van der Waals surface area contributed by atoms with Crippen LogP contribution in [-0.2, 0) is 5.60 Å². The van der Waals surface area contributed by atoms with Gasteiger partial charge in [-0.2, -0.15) is 0 Å². The molecule has 1 aliphatic rings. The van der Waals surface area contributed by atoms with E-state index in [1.54, 1.807) is 12.4 Å². The highest BCUT2D eigenvalue weighted by Gasteiger charge is 2.43. The number of rotatable bonds is 1. The topological polar surface area (TPSA) is 58.0 Å². The van der Waals surface area contributed by atoms with Gasteiger partial charge in [-0.3, -0.25) is 0 Å². The Morgan fingerprint density at radius 1 is 1.27 bits per heavy atom. The second-order valence-corrected chi connectivity index (χ2v) is 4.41. The van der Waals surface area contributed by atoms with Gasteiger partial charge in [-0.1, -0.05) is 13.8 Å². The Balaban J connectivity index is 2.38. The number of aliphatic hydroxyl groups is 1. The van der Waals surface area contributed by atoms with Crippen LogP contribution in [-0.4, -0.2) is 28.2 Å². The van der Waals surface area contributed by atoms with Crippen molar-refractivity contribution < 1.29 is 5.11 Å². The molecule has 1 aromatic heterocycles. The molecule has 1 fully saturated rings. The summed E-state index contributed by atoms with van der Waals surface area (Å²) in [7, 11) is 0. The minimum Gasteiger partial charge on any atom is -0.384 e. The summed E-state index contributed by atoms with van der Waals surface area (Å²) in [4.78, 5) is 7.96. The van der Waals surface area contributed by atoms with E-state index >= 15 is 0 Å². The maximum absolute atomic E-state index is 10.8. The zero-order valence-electron chi connectivity index (χ0n) is 9.14. The normalized spacial score (nSPS) is 36.5. The molecule has 4 heteroatoms. The minimum atomic E-state index is -0.799. The Morgan fingerprint density at radius 2 is 1.80 bits per heavy atom. The number of hydrogen-bond donors (Lipinski definition) is 2. The van der Waals surface area contributed by atoms with Gasteiger partial charge in [-0.15, -0.1) is 0 Å². The molecule has 0 radical (unpaired) electrons. The lowest BCUT2D eigenvalue weighted by Crippen LogP contribution is -2.52. The highest BCUT2D eigenvalue weighted by atomic mass is 16.3. The largest absolute Gasteiger partial charge is 0.384 e. The van der Waals surface area contributed by atoms with Crippen molar-refractivity contribution in [1.29, 1.82) is 0 Å². The summed E-state index contributed by atoms with van der Waals surface area (Å²) >= 11 is 0. The van der Waals surface area contributed by atoms with Crippen LogP contribution in [0.5, 0.6) is 0 Å². The number of nitrogens with one attached hydrogen (secondary N) is 1. The maximum Gasteiger partial charge on any atom is 0.115 e. The van der Waals surface area contributed by atoms with E-state index in [0.717, 1.165) is 18.7 Å². The molecule has 0 spiro atoms. The fourth-order valence-electron chi connectivity index (χ4n) is 2.39. The summed E-state index contributed by atoms with van der Waals surface area (Å²) in [6.07, 6.45) is 4.92. The highest BCUT2D eigenvalue weighted by molar-refractivity contribution is 5.18. The van der Waals surface area contributed by atoms with Crippen molar-refractivity contribution in [2.45, 2.75) is 19.4 Å². The van der Waals surface area contributed by atoms with Crippen molar-refractivity contribution in [2.24, 2.45) is 11.8 Å². The second-order valence-electron chi connectivity index (χ2n) is 4.41. The molecule has 4 nitrogen and oxygen atoms in total. The van der Waals surface area contributed by atoms with Crippen LogP contribution >= 0.6 is 0 Å². The van der Waals surface area contributed by atoms with Crippen LogP contribution in [0.15, 0.2) is 18.7 Å². The summed E-state index contributed by atoms with van der Waals surface area (Å²) in [5, 5.41) is 14.1. The SMILES string of the molecule is C[C@@H]1CNC[C@H](C)C1(O)c1cncnc1. The average Bonchev–Trinajstić information content (AvgIpc) is 2.27. The van der Waals surface area contributed by atoms with E-state index in [-0.39, 0.29) is 11.8 Å². The number of aromatic nitrogens is 2. The Kier molecular flexibility index (Phi) is 2.71. The van der Waals surface area contributed by atoms with E-state index in [1.807, 2.05) is 0 Å². The first-order valence-electron chi connectivity index (χ1n) is 5.34. The quantitative estimate of drug-likeness (QED) is 0.705. The Bertz CT molecular complexity index is 318. The van der Waals surface area contributed by atoms with Crippen molar-refractivity contribution in [3.63, 3.8) is 0 Å². The molecule has 2 rings (SSSR count). The molecule has 0 amide bonds. The van der Waals surface area contributed by atoms with Gasteiger partial charge >= 0.3 is 0 Å². The van der Waals surface area contributed by atoms with E-state index in [4.69, 9.17) is 0 Å². The number of hydrogen-bond acceptors (Lipinski definition) is 4. The Morgan fingerprint density at radius 3 is 2.33 bits per heavy atom. The fourth-order valence-corrected chi connectivity index (χ4v) is 2.39. The van der Waals surface area contributed by atoms with Crippen LogP contribution in [0, 0.1) is 11.8 Å². The predicted octanol–water partition coefficient (Wildman–Crippen LogP) is 0.540. The first-order valence-corrected chi connectivity index (χ1v) is 5.34. The van der Waals surface area contributed by atoms with Crippen LogP contribution in [0.3, 0.4) is 0 Å². The van der Waals surface area contributed by atoms with Crippen molar-refractivity contribution in [3.8, 4) is 0 Å². The summed E-state index contributed by atoms with van der Waals surface area (Å²) < 4.78 is 0. The predicted molar refractivity (Wildman–Crippen MR) is 57.1 cm³/mol. The van der Waals surface area contributed by atoms with Crippen molar-refractivity contribution in [1.82, 2.24) is 15.3 Å². The Hall–Kier alpha value is -1.00. The minimum absolute atomic E-state index is 0.173. The maximum atomic E-state index is 10.8. The molecule has 0 aliphatic carbocycles. The molecule has 0 bridgehead atoms.